The molecule has 1 fully saturated rings. The molecule has 0 bridgehead atoms. The van der Waals surface area contributed by atoms with Gasteiger partial charge in [0.2, 0.25) is 5.75 Å². The van der Waals surface area contributed by atoms with E-state index < -0.39 is 0 Å². The number of thiazole rings is 1. The highest BCUT2D eigenvalue weighted by molar-refractivity contribution is 7.22. The number of carbonyl (C=O) groups is 1. The van der Waals surface area contributed by atoms with Crippen LogP contribution in [0.25, 0.3) is 16.3 Å². The third-order valence-corrected chi connectivity index (χ3v) is 7.18. The molecule has 0 atom stereocenters. The summed E-state index contributed by atoms with van der Waals surface area (Å²) < 4.78 is 22.6. The van der Waals surface area contributed by atoms with E-state index in [1.54, 1.807) is 50.5 Å². The molecule has 1 aliphatic rings. The Balaban J connectivity index is 1.56. The maximum atomic E-state index is 13.4. The molecule has 36 heavy (non-hydrogen) atoms. The van der Waals surface area contributed by atoms with Gasteiger partial charge in [-0.2, -0.15) is 0 Å². The fourth-order valence-electron chi connectivity index (χ4n) is 4.03. The SMILES string of the molecule is COc1cc(/C=C/C(=O)N(CCCN2CCOCC2)c2nc3ccc(Cl)cc3s2)cc(OC)c1OC. The Hall–Kier alpha value is -2.85. The van der Waals surface area contributed by atoms with Crippen molar-refractivity contribution < 1.29 is 23.7 Å². The molecule has 0 radical (unpaired) electrons. The molecule has 2 aromatic carbocycles. The summed E-state index contributed by atoms with van der Waals surface area (Å²) in [7, 11) is 4.68. The molecule has 1 saturated heterocycles. The summed E-state index contributed by atoms with van der Waals surface area (Å²) >= 11 is 7.63. The summed E-state index contributed by atoms with van der Waals surface area (Å²) in [5, 5.41) is 1.29. The van der Waals surface area contributed by atoms with E-state index in [0.29, 0.717) is 33.9 Å². The Morgan fingerprint density at radius 1 is 1.14 bits per heavy atom. The second-order valence-corrected chi connectivity index (χ2v) is 9.64. The first-order valence-corrected chi connectivity index (χ1v) is 12.9. The average molecular weight is 532 g/mol. The third-order valence-electron chi connectivity index (χ3n) is 5.90. The second kappa shape index (κ2) is 12.4. The van der Waals surface area contributed by atoms with Crippen LogP contribution in [-0.2, 0) is 9.53 Å². The molecule has 0 unspecified atom stereocenters. The first kappa shape index (κ1) is 26.2. The number of benzene rings is 2. The number of morpholine rings is 1. The number of aromatic nitrogens is 1. The minimum Gasteiger partial charge on any atom is -0.493 e. The van der Waals surface area contributed by atoms with E-state index in [1.807, 2.05) is 18.2 Å². The molecule has 192 valence electrons. The lowest BCUT2D eigenvalue weighted by Gasteiger charge is -2.27. The van der Waals surface area contributed by atoms with E-state index in [9.17, 15) is 4.79 Å². The van der Waals surface area contributed by atoms with Crippen LogP contribution in [0.3, 0.4) is 0 Å². The quantitative estimate of drug-likeness (QED) is 0.350. The number of amides is 1. The molecule has 2 heterocycles. The van der Waals surface area contributed by atoms with Crippen molar-refractivity contribution in [3.63, 3.8) is 0 Å². The van der Waals surface area contributed by atoms with Crippen molar-refractivity contribution in [2.24, 2.45) is 0 Å². The fourth-order valence-corrected chi connectivity index (χ4v) is 5.31. The van der Waals surface area contributed by atoms with Crippen LogP contribution in [0.5, 0.6) is 17.2 Å². The smallest absolute Gasteiger partial charge is 0.252 e. The van der Waals surface area contributed by atoms with E-state index in [1.165, 1.54) is 11.3 Å². The number of fused-ring (bicyclic) bond motifs is 1. The summed E-state index contributed by atoms with van der Waals surface area (Å²) in [6, 6.07) is 9.16. The van der Waals surface area contributed by atoms with Crippen LogP contribution in [0.2, 0.25) is 5.02 Å². The number of halogens is 1. The molecule has 1 amide bonds. The van der Waals surface area contributed by atoms with Gasteiger partial charge in [-0.05, 0) is 48.4 Å². The minimum atomic E-state index is -0.157. The van der Waals surface area contributed by atoms with Crippen LogP contribution in [0.15, 0.2) is 36.4 Å². The maximum Gasteiger partial charge on any atom is 0.252 e. The van der Waals surface area contributed by atoms with Crippen LogP contribution in [0.1, 0.15) is 12.0 Å². The summed E-state index contributed by atoms with van der Waals surface area (Å²) in [5.41, 5.74) is 1.57. The van der Waals surface area contributed by atoms with Crippen molar-refractivity contribution >= 4 is 50.3 Å². The number of rotatable bonds is 10. The van der Waals surface area contributed by atoms with Crippen molar-refractivity contribution in [3.05, 3.63) is 47.0 Å². The van der Waals surface area contributed by atoms with Crippen LogP contribution >= 0.6 is 22.9 Å². The number of nitrogens with zero attached hydrogens (tertiary/aromatic N) is 3. The topological polar surface area (TPSA) is 73.4 Å². The van der Waals surface area contributed by atoms with Gasteiger partial charge in [-0.25, -0.2) is 4.98 Å². The van der Waals surface area contributed by atoms with E-state index in [0.717, 1.165) is 55.0 Å². The summed E-state index contributed by atoms with van der Waals surface area (Å²) in [6.45, 7) is 4.75. The van der Waals surface area contributed by atoms with E-state index in [2.05, 4.69) is 4.90 Å². The number of methoxy groups -OCH3 is 3. The molecule has 1 aromatic heterocycles. The van der Waals surface area contributed by atoms with Gasteiger partial charge in [-0.15, -0.1) is 0 Å². The highest BCUT2D eigenvalue weighted by atomic mass is 35.5. The number of ether oxygens (including phenoxy) is 4. The lowest BCUT2D eigenvalue weighted by atomic mass is 10.1. The van der Waals surface area contributed by atoms with Gasteiger partial charge in [0.05, 0.1) is 44.8 Å². The van der Waals surface area contributed by atoms with Crippen LogP contribution in [0.4, 0.5) is 5.13 Å². The maximum absolute atomic E-state index is 13.4. The Morgan fingerprint density at radius 3 is 2.53 bits per heavy atom. The van der Waals surface area contributed by atoms with E-state index in [4.69, 9.17) is 35.5 Å². The molecule has 0 aliphatic carbocycles. The van der Waals surface area contributed by atoms with Gasteiger partial charge < -0.3 is 18.9 Å². The third kappa shape index (κ3) is 6.28. The lowest BCUT2D eigenvalue weighted by Crippen LogP contribution is -2.39. The zero-order valence-electron chi connectivity index (χ0n) is 20.7. The van der Waals surface area contributed by atoms with Gasteiger partial charge in [0.15, 0.2) is 16.6 Å². The zero-order valence-corrected chi connectivity index (χ0v) is 22.2. The molecule has 0 saturated carbocycles. The summed E-state index contributed by atoms with van der Waals surface area (Å²) in [4.78, 5) is 22.2. The normalized spacial score (nSPS) is 14.3. The summed E-state index contributed by atoms with van der Waals surface area (Å²) in [5.74, 6) is 1.39. The van der Waals surface area contributed by atoms with Crippen molar-refractivity contribution in [2.45, 2.75) is 6.42 Å². The number of hydrogen-bond donors (Lipinski definition) is 0. The van der Waals surface area contributed by atoms with Gasteiger partial charge in [-0.1, -0.05) is 22.9 Å². The largest absolute Gasteiger partial charge is 0.493 e. The fraction of sp³-hybridized carbons (Fsp3) is 0.385. The Labute approximate surface area is 220 Å². The van der Waals surface area contributed by atoms with Gasteiger partial charge >= 0.3 is 0 Å². The molecule has 4 rings (SSSR count). The predicted octanol–water partition coefficient (Wildman–Crippen LogP) is 4.74. The first-order valence-electron chi connectivity index (χ1n) is 11.7. The average Bonchev–Trinajstić information content (AvgIpc) is 3.32. The van der Waals surface area contributed by atoms with E-state index >= 15 is 0 Å². The predicted molar refractivity (Wildman–Crippen MR) is 144 cm³/mol. The van der Waals surface area contributed by atoms with Crippen molar-refractivity contribution in [2.75, 3.05) is 65.6 Å². The first-order chi connectivity index (χ1) is 17.5. The van der Waals surface area contributed by atoms with Crippen molar-refractivity contribution in [1.29, 1.82) is 0 Å². The minimum absolute atomic E-state index is 0.157. The van der Waals surface area contributed by atoms with Gasteiger partial charge in [0.1, 0.15) is 0 Å². The van der Waals surface area contributed by atoms with Gasteiger partial charge in [0.25, 0.3) is 5.91 Å². The van der Waals surface area contributed by atoms with Crippen LogP contribution in [-0.4, -0.2) is 76.5 Å². The van der Waals surface area contributed by atoms with Crippen LogP contribution in [0, 0.1) is 0 Å². The molecule has 0 spiro atoms. The Morgan fingerprint density at radius 2 is 1.86 bits per heavy atom. The van der Waals surface area contributed by atoms with E-state index in [-0.39, 0.29) is 5.91 Å². The number of anilines is 1. The van der Waals surface area contributed by atoms with Crippen molar-refractivity contribution in [3.8, 4) is 17.2 Å². The molecule has 1 aliphatic heterocycles. The highest BCUT2D eigenvalue weighted by Gasteiger charge is 2.19. The van der Waals surface area contributed by atoms with Gasteiger partial charge in [-0.3, -0.25) is 14.6 Å². The second-order valence-electron chi connectivity index (χ2n) is 8.20. The Bertz CT molecular complexity index is 1200. The monoisotopic (exact) mass is 531 g/mol. The highest BCUT2D eigenvalue weighted by Crippen LogP contribution is 2.38. The molecule has 10 heteroatoms. The lowest BCUT2D eigenvalue weighted by molar-refractivity contribution is -0.114. The number of hydrogen-bond acceptors (Lipinski definition) is 8. The van der Waals surface area contributed by atoms with Gasteiger partial charge in [0, 0.05) is 37.3 Å². The summed E-state index contributed by atoms with van der Waals surface area (Å²) in [6.07, 6.45) is 4.11. The standard InChI is InChI=1S/C26H30ClN3O5S/c1-32-21-15-18(16-22(33-2)25(21)34-3)5-8-24(31)30(10-4-9-29-11-13-35-14-12-29)26-28-20-7-6-19(27)17-23(20)36-26/h5-8,15-17H,4,9-14H2,1-3H3/b8-5+. The van der Waals surface area contributed by atoms with Crippen molar-refractivity contribution in [1.82, 2.24) is 9.88 Å². The molecule has 0 N–H and O–H groups in total. The number of carbonyl (C=O) groups excluding carboxylic acids is 1. The Kier molecular flexibility index (Phi) is 9.03. The molecule has 3 aromatic rings. The van der Waals surface area contributed by atoms with Crippen LogP contribution < -0.4 is 19.1 Å². The zero-order chi connectivity index (χ0) is 25.5. The molecule has 8 nitrogen and oxygen atoms in total. The molecular weight excluding hydrogens is 502 g/mol. The molecular formula is C26H30ClN3O5S.